The second kappa shape index (κ2) is 13.7. The number of rotatable bonds is 12. The van der Waals surface area contributed by atoms with Crippen LogP contribution in [-0.2, 0) is 25.5 Å². The number of carbonyl (C=O) groups excluding carboxylic acids is 3. The maximum atomic E-state index is 13.1. The molecule has 1 aromatic heterocycles. The van der Waals surface area contributed by atoms with E-state index in [0.717, 1.165) is 28.3 Å². The first-order valence-electron chi connectivity index (χ1n) is 12.2. The second-order valence-corrected chi connectivity index (χ2v) is 10.5. The molecular weight excluding hydrogens is 502 g/mol. The standard InChI is InChI=1S/C25H34ClN5O4S/c1-4-5-22(32)29-20(13-23-30-19-7-6-18(26)12-21(19)36-23)25(34)28-17(3)14-27-24(33)16(2)15-31-8-10-35-11-9-31/h6-7,12,17,20H,2,4-5,8-11,13-15H2,1,3H3,(H,27,33)(H,28,34)(H,29,32)/t17-,20-/m0/s1. The topological polar surface area (TPSA) is 113 Å². The van der Waals surface area contributed by atoms with E-state index >= 15 is 0 Å². The number of benzene rings is 1. The summed E-state index contributed by atoms with van der Waals surface area (Å²) >= 11 is 7.52. The highest BCUT2D eigenvalue weighted by Crippen LogP contribution is 2.26. The van der Waals surface area contributed by atoms with E-state index in [9.17, 15) is 14.4 Å². The average Bonchev–Trinajstić information content (AvgIpc) is 3.24. The first kappa shape index (κ1) is 28.0. The number of nitrogens with one attached hydrogen (secondary N) is 3. The Bertz CT molecular complexity index is 1090. The van der Waals surface area contributed by atoms with Crippen molar-refractivity contribution in [2.45, 2.75) is 45.2 Å². The molecule has 1 aliphatic rings. The summed E-state index contributed by atoms with van der Waals surface area (Å²) in [6.07, 6.45) is 1.26. The number of morpholine rings is 1. The van der Waals surface area contributed by atoms with Crippen LogP contribution in [0.3, 0.4) is 0 Å². The molecular formula is C25H34ClN5O4S. The number of thiazole rings is 1. The van der Waals surface area contributed by atoms with Crippen molar-refractivity contribution in [3.8, 4) is 0 Å². The number of carbonyl (C=O) groups is 3. The van der Waals surface area contributed by atoms with Crippen LogP contribution in [0.1, 0.15) is 31.7 Å². The maximum absolute atomic E-state index is 13.1. The Morgan fingerprint density at radius 2 is 2.00 bits per heavy atom. The Kier molecular flexibility index (Phi) is 10.7. The fourth-order valence-corrected chi connectivity index (χ4v) is 5.07. The van der Waals surface area contributed by atoms with Gasteiger partial charge in [-0.2, -0.15) is 0 Å². The number of aromatic nitrogens is 1. The molecule has 3 amide bonds. The summed E-state index contributed by atoms with van der Waals surface area (Å²) in [6, 6.07) is 4.30. The quantitative estimate of drug-likeness (QED) is 0.359. The summed E-state index contributed by atoms with van der Waals surface area (Å²) in [4.78, 5) is 44.6. The molecule has 2 aromatic rings. The fourth-order valence-electron chi connectivity index (χ4n) is 3.78. The Morgan fingerprint density at radius 3 is 2.72 bits per heavy atom. The van der Waals surface area contributed by atoms with Gasteiger partial charge >= 0.3 is 0 Å². The molecule has 1 saturated heterocycles. The van der Waals surface area contributed by atoms with Crippen LogP contribution >= 0.6 is 22.9 Å². The molecule has 1 aliphatic heterocycles. The number of nitrogens with zero attached hydrogens (tertiary/aromatic N) is 2. The van der Waals surface area contributed by atoms with Crippen LogP contribution in [0.5, 0.6) is 0 Å². The highest BCUT2D eigenvalue weighted by Gasteiger charge is 2.24. The van der Waals surface area contributed by atoms with E-state index in [-0.39, 0.29) is 36.7 Å². The number of fused-ring (bicyclic) bond motifs is 1. The molecule has 11 heteroatoms. The van der Waals surface area contributed by atoms with Crippen molar-refractivity contribution in [2.75, 3.05) is 39.4 Å². The molecule has 0 unspecified atom stereocenters. The van der Waals surface area contributed by atoms with Crippen LogP contribution in [0, 0.1) is 0 Å². The van der Waals surface area contributed by atoms with Gasteiger partial charge in [-0.1, -0.05) is 25.1 Å². The van der Waals surface area contributed by atoms with Crippen molar-refractivity contribution in [1.29, 1.82) is 0 Å². The third-order valence-corrected chi connectivity index (χ3v) is 6.97. The van der Waals surface area contributed by atoms with Crippen LogP contribution < -0.4 is 16.0 Å². The normalized spacial score (nSPS) is 15.8. The summed E-state index contributed by atoms with van der Waals surface area (Å²) in [7, 11) is 0. The summed E-state index contributed by atoms with van der Waals surface area (Å²) in [5.41, 5.74) is 1.27. The first-order chi connectivity index (χ1) is 17.2. The summed E-state index contributed by atoms with van der Waals surface area (Å²) in [5.74, 6) is -0.767. The van der Waals surface area contributed by atoms with E-state index in [1.54, 1.807) is 13.0 Å². The molecule has 0 saturated carbocycles. The van der Waals surface area contributed by atoms with Gasteiger partial charge in [0, 0.05) is 55.7 Å². The third-order valence-electron chi connectivity index (χ3n) is 5.70. The Morgan fingerprint density at radius 1 is 1.25 bits per heavy atom. The lowest BCUT2D eigenvalue weighted by Crippen LogP contribution is -2.52. The zero-order valence-electron chi connectivity index (χ0n) is 20.8. The summed E-state index contributed by atoms with van der Waals surface area (Å²) in [6.45, 7) is 11.2. The Labute approximate surface area is 220 Å². The zero-order chi connectivity index (χ0) is 26.1. The number of hydrogen-bond acceptors (Lipinski definition) is 7. The molecule has 1 aromatic carbocycles. The SMILES string of the molecule is C=C(CN1CCOCC1)C(=O)NC[C@H](C)NC(=O)[C@H](Cc1nc2ccc(Cl)cc2s1)NC(=O)CCC. The van der Waals surface area contributed by atoms with Gasteiger partial charge in [-0.25, -0.2) is 4.98 Å². The van der Waals surface area contributed by atoms with Crippen LogP contribution in [0.15, 0.2) is 30.4 Å². The minimum Gasteiger partial charge on any atom is -0.379 e. The molecule has 3 rings (SSSR count). The molecule has 0 radical (unpaired) electrons. The first-order valence-corrected chi connectivity index (χ1v) is 13.4. The van der Waals surface area contributed by atoms with Gasteiger partial charge in [0.2, 0.25) is 17.7 Å². The molecule has 36 heavy (non-hydrogen) atoms. The number of hydrogen-bond donors (Lipinski definition) is 3. The molecule has 0 bridgehead atoms. The highest BCUT2D eigenvalue weighted by molar-refractivity contribution is 7.18. The van der Waals surface area contributed by atoms with Gasteiger partial charge in [-0.05, 0) is 31.5 Å². The van der Waals surface area contributed by atoms with Crippen LogP contribution in [0.25, 0.3) is 10.2 Å². The van der Waals surface area contributed by atoms with Crippen molar-refractivity contribution < 1.29 is 19.1 Å². The Hall–Kier alpha value is -2.53. The van der Waals surface area contributed by atoms with Crippen molar-refractivity contribution >= 4 is 50.9 Å². The minimum absolute atomic E-state index is 0.192. The van der Waals surface area contributed by atoms with Crippen LogP contribution in [-0.4, -0.2) is 79.1 Å². The van der Waals surface area contributed by atoms with E-state index in [4.69, 9.17) is 16.3 Å². The number of ether oxygens (including phenoxy) is 1. The van der Waals surface area contributed by atoms with Gasteiger partial charge in [0.05, 0.1) is 28.4 Å². The molecule has 2 heterocycles. The zero-order valence-corrected chi connectivity index (χ0v) is 22.3. The van der Waals surface area contributed by atoms with E-state index in [1.165, 1.54) is 11.3 Å². The monoisotopic (exact) mass is 535 g/mol. The summed E-state index contributed by atoms with van der Waals surface area (Å²) in [5, 5.41) is 9.90. The fraction of sp³-hybridized carbons (Fsp3) is 0.520. The van der Waals surface area contributed by atoms with Gasteiger partial charge in [0.1, 0.15) is 6.04 Å². The minimum atomic E-state index is -0.783. The van der Waals surface area contributed by atoms with Gasteiger partial charge in [-0.3, -0.25) is 19.3 Å². The number of halogens is 1. The van der Waals surface area contributed by atoms with Gasteiger partial charge < -0.3 is 20.7 Å². The molecule has 2 atom stereocenters. The van der Waals surface area contributed by atoms with E-state index in [0.29, 0.717) is 43.2 Å². The van der Waals surface area contributed by atoms with Crippen LogP contribution in [0.4, 0.5) is 0 Å². The number of amides is 3. The van der Waals surface area contributed by atoms with Crippen LogP contribution in [0.2, 0.25) is 5.02 Å². The van der Waals surface area contributed by atoms with E-state index in [1.807, 2.05) is 19.1 Å². The summed E-state index contributed by atoms with van der Waals surface area (Å²) < 4.78 is 6.25. The molecule has 9 nitrogen and oxygen atoms in total. The molecule has 3 N–H and O–H groups in total. The molecule has 0 aliphatic carbocycles. The Balaban J connectivity index is 1.55. The highest BCUT2D eigenvalue weighted by atomic mass is 35.5. The van der Waals surface area contributed by atoms with Gasteiger partial charge in [-0.15, -0.1) is 11.3 Å². The molecule has 1 fully saturated rings. The molecule has 0 spiro atoms. The average molecular weight is 536 g/mol. The predicted molar refractivity (Wildman–Crippen MR) is 142 cm³/mol. The van der Waals surface area contributed by atoms with Gasteiger partial charge in [0.25, 0.3) is 0 Å². The van der Waals surface area contributed by atoms with Crippen molar-refractivity contribution in [2.24, 2.45) is 0 Å². The lowest BCUT2D eigenvalue weighted by atomic mass is 10.1. The largest absolute Gasteiger partial charge is 0.379 e. The maximum Gasteiger partial charge on any atom is 0.247 e. The van der Waals surface area contributed by atoms with Crippen molar-refractivity contribution in [3.05, 3.63) is 40.4 Å². The molecule has 196 valence electrons. The second-order valence-electron chi connectivity index (χ2n) is 8.91. The van der Waals surface area contributed by atoms with E-state index in [2.05, 4.69) is 32.4 Å². The smallest absolute Gasteiger partial charge is 0.247 e. The van der Waals surface area contributed by atoms with Gasteiger partial charge in [0.15, 0.2) is 0 Å². The predicted octanol–water partition coefficient (Wildman–Crippen LogP) is 2.29. The lowest BCUT2D eigenvalue weighted by Gasteiger charge is -2.27. The van der Waals surface area contributed by atoms with Crippen molar-refractivity contribution in [3.63, 3.8) is 0 Å². The lowest BCUT2D eigenvalue weighted by molar-refractivity contribution is -0.129. The van der Waals surface area contributed by atoms with Crippen molar-refractivity contribution in [1.82, 2.24) is 25.8 Å². The van der Waals surface area contributed by atoms with E-state index < -0.39 is 6.04 Å². The third kappa shape index (κ3) is 8.55.